The molecule has 0 saturated heterocycles. The molecule has 4 saturated carbocycles. The average Bonchev–Trinajstić information content (AvgIpc) is 2.44. The Morgan fingerprint density at radius 2 is 1.81 bits per heavy atom. The van der Waals surface area contributed by atoms with Gasteiger partial charge in [-0.05, 0) is 77.8 Å². The molecule has 1 aromatic heterocycles. The summed E-state index contributed by atoms with van der Waals surface area (Å²) < 4.78 is 0.780. The van der Waals surface area contributed by atoms with Crippen molar-refractivity contribution < 1.29 is 4.79 Å². The Hall–Kier alpha value is -0.610. The summed E-state index contributed by atoms with van der Waals surface area (Å²) in [6, 6.07) is 2.08. The Morgan fingerprint density at radius 1 is 1.19 bits per heavy atom. The van der Waals surface area contributed by atoms with Crippen LogP contribution in [0.3, 0.4) is 0 Å². The van der Waals surface area contributed by atoms with Gasteiger partial charge in [0.25, 0.3) is 5.91 Å². The monoisotopic (exact) mass is 368 g/mol. The minimum absolute atomic E-state index is 0.0775. The molecule has 5 rings (SSSR count). The zero-order valence-corrected chi connectivity index (χ0v) is 14.0. The van der Waals surface area contributed by atoms with E-state index in [2.05, 4.69) is 26.2 Å². The minimum atomic E-state index is -0.0775. The molecule has 0 aromatic carbocycles. The van der Waals surface area contributed by atoms with Gasteiger partial charge in [0.15, 0.2) is 0 Å². The van der Waals surface area contributed by atoms with Crippen LogP contribution in [-0.2, 0) is 0 Å². The van der Waals surface area contributed by atoms with Gasteiger partial charge in [0.2, 0.25) is 0 Å². The van der Waals surface area contributed by atoms with Crippen LogP contribution in [0.2, 0.25) is 5.15 Å². The highest BCUT2D eigenvalue weighted by Crippen LogP contribution is 2.53. The Bertz CT molecular complexity index is 564. The third-order valence-electron chi connectivity index (χ3n) is 5.57. The highest BCUT2D eigenvalue weighted by molar-refractivity contribution is 9.10. The summed E-state index contributed by atoms with van der Waals surface area (Å²) in [5, 5.41) is 3.54. The number of carbonyl (C=O) groups excluding carboxylic acids is 1. The van der Waals surface area contributed by atoms with Gasteiger partial charge in [0.1, 0.15) is 5.15 Å². The zero-order chi connectivity index (χ0) is 14.6. The molecule has 4 aliphatic carbocycles. The van der Waals surface area contributed by atoms with E-state index in [1.54, 1.807) is 12.3 Å². The van der Waals surface area contributed by atoms with E-state index in [4.69, 9.17) is 11.6 Å². The first-order valence-electron chi connectivity index (χ1n) is 7.72. The summed E-state index contributed by atoms with van der Waals surface area (Å²) in [7, 11) is 0. The van der Waals surface area contributed by atoms with Gasteiger partial charge in [0.05, 0.1) is 5.56 Å². The Kier molecular flexibility index (Phi) is 3.49. The molecule has 0 atom stereocenters. The van der Waals surface area contributed by atoms with Crippen molar-refractivity contribution in [2.75, 3.05) is 0 Å². The molecule has 5 heteroatoms. The molecule has 0 radical (unpaired) electrons. The molecular formula is C16H18BrClN2O. The Balaban J connectivity index is 1.53. The second-order valence-electron chi connectivity index (χ2n) is 6.92. The molecule has 0 aliphatic heterocycles. The normalized spacial score (nSPS) is 36.8. The number of amides is 1. The van der Waals surface area contributed by atoms with Gasteiger partial charge in [-0.15, -0.1) is 0 Å². The lowest BCUT2D eigenvalue weighted by Crippen LogP contribution is -2.55. The lowest BCUT2D eigenvalue weighted by atomic mass is 9.54. The predicted octanol–water partition coefficient (Wildman–Crippen LogP) is 4.05. The van der Waals surface area contributed by atoms with E-state index in [-0.39, 0.29) is 11.1 Å². The number of rotatable bonds is 2. The van der Waals surface area contributed by atoms with Crippen molar-refractivity contribution in [2.45, 2.75) is 38.1 Å². The van der Waals surface area contributed by atoms with E-state index in [0.717, 1.165) is 16.3 Å². The van der Waals surface area contributed by atoms with Gasteiger partial charge < -0.3 is 5.32 Å². The standard InChI is InChI=1S/C16H18BrClN2O/c17-12-6-13(15(18)19-7-12)16(21)20-14-10-2-8-1-9(4-10)5-11(14)3-8/h6-11,14H,1-5H2,(H,20,21). The minimum Gasteiger partial charge on any atom is -0.349 e. The van der Waals surface area contributed by atoms with Crippen molar-refractivity contribution in [2.24, 2.45) is 23.7 Å². The summed E-state index contributed by atoms with van der Waals surface area (Å²) >= 11 is 9.42. The Morgan fingerprint density at radius 3 is 2.43 bits per heavy atom. The molecule has 1 aromatic rings. The van der Waals surface area contributed by atoms with Crippen molar-refractivity contribution in [1.29, 1.82) is 0 Å². The lowest BCUT2D eigenvalue weighted by molar-refractivity contribution is -0.0119. The fourth-order valence-electron chi connectivity index (χ4n) is 4.97. The van der Waals surface area contributed by atoms with Crippen LogP contribution in [0.25, 0.3) is 0 Å². The smallest absolute Gasteiger partial charge is 0.254 e. The van der Waals surface area contributed by atoms with Gasteiger partial charge in [-0.3, -0.25) is 4.79 Å². The predicted molar refractivity (Wildman–Crippen MR) is 85.2 cm³/mol. The summed E-state index contributed by atoms with van der Waals surface area (Å²) in [5.74, 6) is 3.09. The first-order chi connectivity index (χ1) is 10.1. The molecule has 4 aliphatic rings. The molecule has 1 amide bonds. The van der Waals surface area contributed by atoms with E-state index in [1.165, 1.54) is 32.1 Å². The molecule has 3 nitrogen and oxygen atoms in total. The number of nitrogens with one attached hydrogen (secondary N) is 1. The maximum atomic E-state index is 12.6. The van der Waals surface area contributed by atoms with Crippen LogP contribution < -0.4 is 5.32 Å². The van der Waals surface area contributed by atoms with Crippen molar-refractivity contribution in [3.8, 4) is 0 Å². The van der Waals surface area contributed by atoms with Crippen LogP contribution in [0.15, 0.2) is 16.7 Å². The number of halogens is 2. The van der Waals surface area contributed by atoms with Crippen molar-refractivity contribution in [3.05, 3.63) is 27.5 Å². The number of hydrogen-bond donors (Lipinski definition) is 1. The second kappa shape index (κ2) is 5.24. The van der Waals surface area contributed by atoms with E-state index in [0.29, 0.717) is 23.4 Å². The van der Waals surface area contributed by atoms with Gasteiger partial charge in [-0.2, -0.15) is 0 Å². The molecule has 4 fully saturated rings. The van der Waals surface area contributed by atoms with Crippen LogP contribution >= 0.6 is 27.5 Å². The Labute approximate surface area is 138 Å². The average molecular weight is 370 g/mol. The molecule has 0 spiro atoms. The van der Waals surface area contributed by atoms with Crippen molar-refractivity contribution >= 4 is 33.4 Å². The summed E-state index contributed by atoms with van der Waals surface area (Å²) in [6.45, 7) is 0. The molecule has 1 N–H and O–H groups in total. The van der Waals surface area contributed by atoms with Crippen LogP contribution in [0.4, 0.5) is 0 Å². The summed E-state index contributed by atoms with van der Waals surface area (Å²) in [5.41, 5.74) is 0.472. The van der Waals surface area contributed by atoms with Gasteiger partial charge in [0, 0.05) is 16.7 Å². The molecular weight excluding hydrogens is 352 g/mol. The number of carbonyl (C=O) groups is 1. The number of pyridine rings is 1. The summed E-state index contributed by atoms with van der Waals surface area (Å²) in [4.78, 5) is 16.6. The zero-order valence-electron chi connectivity index (χ0n) is 11.7. The molecule has 21 heavy (non-hydrogen) atoms. The maximum Gasteiger partial charge on any atom is 0.254 e. The van der Waals surface area contributed by atoms with Crippen LogP contribution in [0.5, 0.6) is 0 Å². The number of nitrogens with zero attached hydrogens (tertiary/aromatic N) is 1. The van der Waals surface area contributed by atoms with Crippen molar-refractivity contribution in [3.63, 3.8) is 0 Å². The third kappa shape index (κ3) is 2.50. The molecule has 1 heterocycles. The highest BCUT2D eigenvalue weighted by atomic mass is 79.9. The fourth-order valence-corrected chi connectivity index (χ4v) is 5.49. The van der Waals surface area contributed by atoms with Crippen LogP contribution in [0, 0.1) is 23.7 Å². The maximum absolute atomic E-state index is 12.6. The van der Waals surface area contributed by atoms with Crippen LogP contribution in [-0.4, -0.2) is 16.9 Å². The first kappa shape index (κ1) is 14.0. The van der Waals surface area contributed by atoms with E-state index >= 15 is 0 Å². The van der Waals surface area contributed by atoms with Crippen LogP contribution in [0.1, 0.15) is 42.5 Å². The molecule has 4 bridgehead atoms. The van der Waals surface area contributed by atoms with Gasteiger partial charge in [-0.25, -0.2) is 4.98 Å². The largest absolute Gasteiger partial charge is 0.349 e. The fraction of sp³-hybridized carbons (Fsp3) is 0.625. The number of hydrogen-bond acceptors (Lipinski definition) is 2. The SMILES string of the molecule is O=C(NC1C2CC3CC(C2)CC1C3)c1cc(Br)cnc1Cl. The van der Waals surface area contributed by atoms with Gasteiger partial charge in [-0.1, -0.05) is 11.6 Å². The van der Waals surface area contributed by atoms with E-state index < -0.39 is 0 Å². The topological polar surface area (TPSA) is 42.0 Å². The number of aromatic nitrogens is 1. The third-order valence-corrected chi connectivity index (χ3v) is 6.31. The van der Waals surface area contributed by atoms with Crippen molar-refractivity contribution in [1.82, 2.24) is 10.3 Å². The summed E-state index contributed by atoms with van der Waals surface area (Å²) in [6.07, 6.45) is 8.21. The molecule has 0 unspecified atom stereocenters. The quantitative estimate of drug-likeness (QED) is 0.799. The van der Waals surface area contributed by atoms with E-state index in [1.807, 2.05) is 0 Å². The highest BCUT2D eigenvalue weighted by Gasteiger charge is 2.48. The second-order valence-corrected chi connectivity index (χ2v) is 8.20. The molecule has 112 valence electrons. The van der Waals surface area contributed by atoms with Gasteiger partial charge >= 0.3 is 0 Å². The first-order valence-corrected chi connectivity index (χ1v) is 8.89. The lowest BCUT2D eigenvalue weighted by Gasteiger charge is -2.54. The van der Waals surface area contributed by atoms with E-state index in [9.17, 15) is 4.79 Å².